The highest BCUT2D eigenvalue weighted by atomic mass is 35.5. The summed E-state index contributed by atoms with van der Waals surface area (Å²) in [5.74, 6) is 0. The van der Waals surface area contributed by atoms with Crippen molar-refractivity contribution in [2.24, 2.45) is 0 Å². The SMILES string of the molecule is O=c1[nH]ncc2c1=C(Cl)CCC=2. The first-order valence-electron chi connectivity index (χ1n) is 3.71. The van der Waals surface area contributed by atoms with Gasteiger partial charge in [0.2, 0.25) is 0 Å². The van der Waals surface area contributed by atoms with Crippen LogP contribution in [0.3, 0.4) is 0 Å². The van der Waals surface area contributed by atoms with E-state index in [2.05, 4.69) is 10.2 Å². The van der Waals surface area contributed by atoms with E-state index in [0.29, 0.717) is 10.3 Å². The van der Waals surface area contributed by atoms with Crippen molar-refractivity contribution in [1.82, 2.24) is 10.2 Å². The Labute approximate surface area is 73.4 Å². The summed E-state index contributed by atoms with van der Waals surface area (Å²) in [7, 11) is 0. The van der Waals surface area contributed by atoms with Crippen molar-refractivity contribution < 1.29 is 0 Å². The van der Waals surface area contributed by atoms with E-state index < -0.39 is 0 Å². The number of H-pyrrole nitrogens is 1. The van der Waals surface area contributed by atoms with Crippen LogP contribution in [0.4, 0.5) is 0 Å². The Hall–Kier alpha value is -1.09. The van der Waals surface area contributed by atoms with Gasteiger partial charge in [0.05, 0.1) is 11.4 Å². The van der Waals surface area contributed by atoms with Crippen LogP contribution in [0.25, 0.3) is 11.1 Å². The summed E-state index contributed by atoms with van der Waals surface area (Å²) in [5, 5.41) is 8.11. The van der Waals surface area contributed by atoms with Gasteiger partial charge in [-0.05, 0) is 12.8 Å². The normalized spacial score (nSPS) is 15.2. The molecule has 62 valence electrons. The fourth-order valence-electron chi connectivity index (χ4n) is 1.33. The zero-order valence-electron chi connectivity index (χ0n) is 6.30. The lowest BCUT2D eigenvalue weighted by atomic mass is 10.1. The van der Waals surface area contributed by atoms with Crippen molar-refractivity contribution in [3.63, 3.8) is 0 Å². The molecule has 0 aliphatic heterocycles. The molecule has 1 aromatic rings. The number of nitrogens with one attached hydrogen (secondary N) is 1. The Kier molecular flexibility index (Phi) is 1.73. The van der Waals surface area contributed by atoms with Gasteiger partial charge in [-0.1, -0.05) is 17.7 Å². The van der Waals surface area contributed by atoms with Gasteiger partial charge in [-0.15, -0.1) is 0 Å². The Morgan fingerprint density at radius 3 is 3.17 bits per heavy atom. The topological polar surface area (TPSA) is 45.8 Å². The van der Waals surface area contributed by atoms with E-state index in [1.54, 1.807) is 6.20 Å². The minimum Gasteiger partial charge on any atom is -0.267 e. The van der Waals surface area contributed by atoms with E-state index in [1.807, 2.05) is 6.08 Å². The molecule has 0 bridgehead atoms. The Morgan fingerprint density at radius 1 is 1.58 bits per heavy atom. The third-order valence-electron chi connectivity index (χ3n) is 1.88. The molecule has 2 rings (SSSR count). The van der Waals surface area contributed by atoms with Crippen molar-refractivity contribution in [1.29, 1.82) is 0 Å². The molecular formula is C8H7ClN2O. The monoisotopic (exact) mass is 182 g/mol. The lowest BCUT2D eigenvalue weighted by Gasteiger charge is -2.01. The van der Waals surface area contributed by atoms with Crippen LogP contribution in [0.2, 0.25) is 0 Å². The van der Waals surface area contributed by atoms with Gasteiger partial charge in [0.15, 0.2) is 0 Å². The number of aromatic nitrogens is 2. The number of aromatic amines is 1. The average molecular weight is 183 g/mol. The quantitative estimate of drug-likeness (QED) is 0.599. The van der Waals surface area contributed by atoms with Gasteiger partial charge in [-0.2, -0.15) is 5.10 Å². The number of hydrogen-bond donors (Lipinski definition) is 1. The molecule has 0 saturated carbocycles. The smallest absolute Gasteiger partial charge is 0.267 e. The maximum absolute atomic E-state index is 11.2. The Morgan fingerprint density at radius 2 is 2.42 bits per heavy atom. The van der Waals surface area contributed by atoms with Gasteiger partial charge < -0.3 is 0 Å². The number of rotatable bonds is 0. The van der Waals surface area contributed by atoms with Crippen LogP contribution >= 0.6 is 11.6 Å². The summed E-state index contributed by atoms with van der Waals surface area (Å²) in [5.41, 5.74) is -0.201. The van der Waals surface area contributed by atoms with E-state index in [0.717, 1.165) is 18.1 Å². The minimum absolute atomic E-state index is 0.201. The second-order valence-corrected chi connectivity index (χ2v) is 3.13. The molecule has 1 aromatic heterocycles. The predicted molar refractivity (Wildman–Crippen MR) is 47.1 cm³/mol. The van der Waals surface area contributed by atoms with Crippen molar-refractivity contribution in [3.05, 3.63) is 27.0 Å². The van der Waals surface area contributed by atoms with Crippen LogP contribution in [0, 0.1) is 0 Å². The molecule has 1 aliphatic carbocycles. The Balaban J connectivity index is 3.05. The molecule has 12 heavy (non-hydrogen) atoms. The highest BCUT2D eigenvalue weighted by Gasteiger charge is 2.04. The highest BCUT2D eigenvalue weighted by Crippen LogP contribution is 2.10. The minimum atomic E-state index is -0.201. The zero-order valence-corrected chi connectivity index (χ0v) is 7.06. The molecule has 0 amide bonds. The van der Waals surface area contributed by atoms with E-state index >= 15 is 0 Å². The largest absolute Gasteiger partial charge is 0.273 e. The molecule has 1 N–H and O–H groups in total. The van der Waals surface area contributed by atoms with Crippen molar-refractivity contribution in [2.45, 2.75) is 12.8 Å². The van der Waals surface area contributed by atoms with Gasteiger partial charge in [0.1, 0.15) is 0 Å². The van der Waals surface area contributed by atoms with Gasteiger partial charge in [-0.25, -0.2) is 5.10 Å². The molecule has 0 aromatic carbocycles. The molecule has 0 unspecified atom stereocenters. The molecule has 0 atom stereocenters. The summed E-state index contributed by atoms with van der Waals surface area (Å²) in [6.45, 7) is 0. The first-order valence-corrected chi connectivity index (χ1v) is 4.09. The van der Waals surface area contributed by atoms with Crippen LogP contribution in [0.5, 0.6) is 0 Å². The molecule has 1 heterocycles. The van der Waals surface area contributed by atoms with Gasteiger partial charge in [0.25, 0.3) is 5.56 Å². The maximum atomic E-state index is 11.2. The van der Waals surface area contributed by atoms with Crippen LogP contribution in [0.15, 0.2) is 11.0 Å². The van der Waals surface area contributed by atoms with Crippen molar-refractivity contribution in [2.75, 3.05) is 0 Å². The van der Waals surface area contributed by atoms with E-state index in [1.165, 1.54) is 0 Å². The van der Waals surface area contributed by atoms with Crippen LogP contribution in [-0.2, 0) is 0 Å². The first kappa shape index (κ1) is 7.55. The summed E-state index contributed by atoms with van der Waals surface area (Å²) in [6, 6.07) is 0. The van der Waals surface area contributed by atoms with Crippen LogP contribution in [-0.4, -0.2) is 10.2 Å². The number of halogens is 1. The van der Waals surface area contributed by atoms with Crippen LogP contribution in [0.1, 0.15) is 12.8 Å². The lowest BCUT2D eigenvalue weighted by Crippen LogP contribution is -2.43. The molecular weight excluding hydrogens is 176 g/mol. The van der Waals surface area contributed by atoms with Gasteiger partial charge in [0, 0.05) is 10.3 Å². The summed E-state index contributed by atoms with van der Waals surface area (Å²) in [6.07, 6.45) is 5.24. The van der Waals surface area contributed by atoms with Crippen molar-refractivity contribution in [3.8, 4) is 0 Å². The van der Waals surface area contributed by atoms with E-state index in [9.17, 15) is 4.79 Å². The molecule has 3 nitrogen and oxygen atoms in total. The zero-order chi connectivity index (χ0) is 8.55. The summed E-state index contributed by atoms with van der Waals surface area (Å²) >= 11 is 5.90. The fraction of sp³-hybridized carbons (Fsp3) is 0.250. The van der Waals surface area contributed by atoms with E-state index in [4.69, 9.17) is 11.6 Å². The van der Waals surface area contributed by atoms with Gasteiger partial charge in [-0.3, -0.25) is 4.79 Å². The standard InChI is InChI=1S/C8H7ClN2O/c9-6-3-1-2-5-4-10-11-8(12)7(5)6/h2,4H,1,3H2,(H,11,12). The molecule has 0 fully saturated rings. The number of nitrogens with zero attached hydrogens (tertiary/aromatic N) is 1. The van der Waals surface area contributed by atoms with Crippen LogP contribution < -0.4 is 16.0 Å². The number of fused-ring (bicyclic) bond motifs is 1. The van der Waals surface area contributed by atoms with E-state index in [-0.39, 0.29) is 5.56 Å². The molecule has 0 radical (unpaired) electrons. The molecule has 0 saturated heterocycles. The second kappa shape index (κ2) is 2.75. The van der Waals surface area contributed by atoms with Gasteiger partial charge >= 0.3 is 0 Å². The fourth-order valence-corrected chi connectivity index (χ4v) is 1.63. The molecule has 4 heteroatoms. The summed E-state index contributed by atoms with van der Waals surface area (Å²) in [4.78, 5) is 11.2. The highest BCUT2D eigenvalue weighted by molar-refractivity contribution is 6.45. The maximum Gasteiger partial charge on any atom is 0.273 e. The third-order valence-corrected chi connectivity index (χ3v) is 2.26. The average Bonchev–Trinajstić information content (AvgIpc) is 2.04. The number of hydrogen-bond acceptors (Lipinski definition) is 2. The molecule has 0 spiro atoms. The Bertz CT molecular complexity index is 475. The predicted octanol–water partition coefficient (Wildman–Crippen LogP) is -0.309. The lowest BCUT2D eigenvalue weighted by molar-refractivity contribution is 0.945. The third kappa shape index (κ3) is 1.06. The first-order chi connectivity index (χ1) is 5.79. The molecule has 1 aliphatic rings. The second-order valence-electron chi connectivity index (χ2n) is 2.68. The summed E-state index contributed by atoms with van der Waals surface area (Å²) < 4.78 is 0. The van der Waals surface area contributed by atoms with Crippen molar-refractivity contribution >= 4 is 22.7 Å².